The van der Waals surface area contributed by atoms with Crippen LogP contribution < -0.4 is 5.32 Å². The third-order valence-corrected chi connectivity index (χ3v) is 4.32. The maximum absolute atomic E-state index is 11.9. The van der Waals surface area contributed by atoms with Crippen molar-refractivity contribution in [3.05, 3.63) is 40.1 Å². The van der Waals surface area contributed by atoms with Gasteiger partial charge < -0.3 is 5.32 Å². The maximum Gasteiger partial charge on any atom is 0.273 e. The lowest BCUT2D eigenvalue weighted by atomic mass is 10.1. The number of aromatic nitrogens is 5. The van der Waals surface area contributed by atoms with Crippen molar-refractivity contribution in [3.63, 3.8) is 0 Å². The molecule has 0 atom stereocenters. The molecule has 0 unspecified atom stereocenters. The normalized spacial score (nSPS) is 10.9. The van der Waals surface area contributed by atoms with Crippen LogP contribution >= 0.6 is 11.3 Å². The molecule has 23 heavy (non-hydrogen) atoms. The number of amides is 1. The summed E-state index contributed by atoms with van der Waals surface area (Å²) in [7, 11) is 1.73. The Kier molecular flexibility index (Phi) is 4.24. The van der Waals surface area contributed by atoms with Gasteiger partial charge in [-0.15, -0.1) is 5.10 Å². The molecule has 3 aromatic heterocycles. The first-order valence-corrected chi connectivity index (χ1v) is 8.21. The van der Waals surface area contributed by atoms with Crippen LogP contribution in [0.25, 0.3) is 11.1 Å². The van der Waals surface area contributed by atoms with Crippen molar-refractivity contribution in [2.45, 2.75) is 20.4 Å². The predicted octanol–water partition coefficient (Wildman–Crippen LogP) is 1.79. The third-order valence-electron chi connectivity index (χ3n) is 3.64. The third kappa shape index (κ3) is 3.16. The van der Waals surface area contributed by atoms with Crippen molar-refractivity contribution in [3.8, 4) is 11.1 Å². The fourth-order valence-electron chi connectivity index (χ4n) is 2.56. The molecule has 3 rings (SSSR count). The molecule has 3 aromatic rings. The standard InChI is InChI=1S/C15H18N6OS/c1-10-14(12-4-7-23-9-12)11(2)21(18-10)6-5-16-15(22)13-8-20(3)19-17-13/h4,7-9H,5-6H2,1-3H3,(H,16,22). The van der Waals surface area contributed by atoms with Crippen LogP contribution in [0.2, 0.25) is 0 Å². The molecule has 0 radical (unpaired) electrons. The summed E-state index contributed by atoms with van der Waals surface area (Å²) in [6.45, 7) is 5.16. The minimum Gasteiger partial charge on any atom is -0.349 e. The van der Waals surface area contributed by atoms with E-state index in [1.54, 1.807) is 24.6 Å². The zero-order chi connectivity index (χ0) is 16.4. The smallest absolute Gasteiger partial charge is 0.273 e. The Bertz CT molecular complexity index is 817. The molecule has 0 saturated heterocycles. The molecule has 0 saturated carbocycles. The molecule has 0 spiro atoms. The van der Waals surface area contributed by atoms with Crippen LogP contribution in [-0.2, 0) is 13.6 Å². The van der Waals surface area contributed by atoms with Crippen LogP contribution in [0.3, 0.4) is 0 Å². The van der Waals surface area contributed by atoms with Crippen LogP contribution in [0.5, 0.6) is 0 Å². The Hall–Kier alpha value is -2.48. The Balaban J connectivity index is 1.65. The molecule has 7 nitrogen and oxygen atoms in total. The topological polar surface area (TPSA) is 77.6 Å². The summed E-state index contributed by atoms with van der Waals surface area (Å²) in [4.78, 5) is 11.9. The fourth-order valence-corrected chi connectivity index (χ4v) is 3.20. The van der Waals surface area contributed by atoms with Gasteiger partial charge in [0, 0.05) is 24.8 Å². The Labute approximate surface area is 137 Å². The number of hydrogen-bond acceptors (Lipinski definition) is 5. The molecule has 0 aliphatic rings. The van der Waals surface area contributed by atoms with Crippen LogP contribution in [0, 0.1) is 13.8 Å². The molecule has 0 aliphatic heterocycles. The van der Waals surface area contributed by atoms with Crippen LogP contribution in [0.4, 0.5) is 0 Å². The molecule has 1 amide bonds. The van der Waals surface area contributed by atoms with Gasteiger partial charge in [-0.25, -0.2) is 0 Å². The van der Waals surface area contributed by atoms with E-state index >= 15 is 0 Å². The minimum atomic E-state index is -0.224. The van der Waals surface area contributed by atoms with E-state index in [0.717, 1.165) is 11.4 Å². The average Bonchev–Trinajstić information content (AvgIpc) is 3.22. The monoisotopic (exact) mass is 330 g/mol. The molecule has 0 fully saturated rings. The van der Waals surface area contributed by atoms with Crippen LogP contribution in [0.15, 0.2) is 23.0 Å². The van der Waals surface area contributed by atoms with E-state index < -0.39 is 0 Å². The van der Waals surface area contributed by atoms with E-state index in [1.807, 2.05) is 11.6 Å². The van der Waals surface area contributed by atoms with Crippen molar-refractivity contribution >= 4 is 17.2 Å². The van der Waals surface area contributed by atoms with E-state index in [0.29, 0.717) is 18.8 Å². The van der Waals surface area contributed by atoms with E-state index in [9.17, 15) is 4.79 Å². The summed E-state index contributed by atoms with van der Waals surface area (Å²) in [6.07, 6.45) is 1.59. The molecule has 120 valence electrons. The molecule has 0 aromatic carbocycles. The number of nitrogens with one attached hydrogen (secondary N) is 1. The Morgan fingerprint density at radius 3 is 2.87 bits per heavy atom. The van der Waals surface area contributed by atoms with Crippen molar-refractivity contribution in [1.29, 1.82) is 0 Å². The molecule has 8 heteroatoms. The first kappa shape index (κ1) is 15.4. The van der Waals surface area contributed by atoms with Gasteiger partial charge in [-0.1, -0.05) is 5.21 Å². The first-order valence-electron chi connectivity index (χ1n) is 7.27. The second-order valence-electron chi connectivity index (χ2n) is 5.31. The lowest BCUT2D eigenvalue weighted by molar-refractivity contribution is 0.0946. The van der Waals surface area contributed by atoms with Gasteiger partial charge in [0.25, 0.3) is 5.91 Å². The lowest BCUT2D eigenvalue weighted by Crippen LogP contribution is -2.28. The Morgan fingerprint density at radius 1 is 1.39 bits per heavy atom. The molecular formula is C15H18N6OS. The average molecular weight is 330 g/mol. The molecule has 0 aliphatic carbocycles. The number of carbonyl (C=O) groups is 1. The number of aryl methyl sites for hydroxylation is 2. The number of thiophene rings is 1. The summed E-state index contributed by atoms with van der Waals surface area (Å²) in [5.74, 6) is -0.224. The Morgan fingerprint density at radius 2 is 2.22 bits per heavy atom. The fraction of sp³-hybridized carbons (Fsp3) is 0.333. The van der Waals surface area contributed by atoms with Crippen molar-refractivity contribution in [2.24, 2.45) is 7.05 Å². The van der Waals surface area contributed by atoms with Gasteiger partial charge in [-0.2, -0.15) is 16.4 Å². The number of nitrogens with zero attached hydrogens (tertiary/aromatic N) is 5. The maximum atomic E-state index is 11.9. The summed E-state index contributed by atoms with van der Waals surface area (Å²) in [6, 6.07) is 2.10. The summed E-state index contributed by atoms with van der Waals surface area (Å²) < 4.78 is 3.43. The van der Waals surface area contributed by atoms with Crippen molar-refractivity contribution in [1.82, 2.24) is 30.1 Å². The minimum absolute atomic E-state index is 0.224. The quantitative estimate of drug-likeness (QED) is 0.773. The highest BCUT2D eigenvalue weighted by molar-refractivity contribution is 7.08. The van der Waals surface area contributed by atoms with E-state index in [2.05, 4.69) is 44.5 Å². The summed E-state index contributed by atoms with van der Waals surface area (Å²) in [5.41, 5.74) is 4.79. The van der Waals surface area contributed by atoms with Crippen LogP contribution in [-0.4, -0.2) is 37.2 Å². The van der Waals surface area contributed by atoms with Crippen molar-refractivity contribution < 1.29 is 4.79 Å². The van der Waals surface area contributed by atoms with Gasteiger partial charge in [0.2, 0.25) is 0 Å². The molecule has 3 heterocycles. The molecule has 0 bridgehead atoms. The zero-order valence-electron chi connectivity index (χ0n) is 13.3. The largest absolute Gasteiger partial charge is 0.349 e. The van der Waals surface area contributed by atoms with E-state index in [4.69, 9.17) is 0 Å². The summed E-state index contributed by atoms with van der Waals surface area (Å²) >= 11 is 1.67. The second-order valence-corrected chi connectivity index (χ2v) is 6.09. The van der Waals surface area contributed by atoms with Gasteiger partial charge in [-0.05, 0) is 36.2 Å². The van der Waals surface area contributed by atoms with Gasteiger partial charge in [0.05, 0.1) is 18.4 Å². The number of rotatable bonds is 5. The van der Waals surface area contributed by atoms with Crippen molar-refractivity contribution in [2.75, 3.05) is 6.54 Å². The second kappa shape index (κ2) is 6.33. The van der Waals surface area contributed by atoms with Gasteiger partial charge in [-0.3, -0.25) is 14.2 Å². The highest BCUT2D eigenvalue weighted by atomic mass is 32.1. The van der Waals surface area contributed by atoms with E-state index in [-0.39, 0.29) is 5.91 Å². The van der Waals surface area contributed by atoms with Crippen LogP contribution in [0.1, 0.15) is 21.9 Å². The SMILES string of the molecule is Cc1nn(CCNC(=O)c2cn(C)nn2)c(C)c1-c1ccsc1. The van der Waals surface area contributed by atoms with E-state index in [1.165, 1.54) is 15.8 Å². The van der Waals surface area contributed by atoms with Gasteiger partial charge in [0.1, 0.15) is 0 Å². The zero-order valence-corrected chi connectivity index (χ0v) is 14.1. The molecule has 1 N–H and O–H groups in total. The number of hydrogen-bond donors (Lipinski definition) is 1. The van der Waals surface area contributed by atoms with Gasteiger partial charge >= 0.3 is 0 Å². The highest BCUT2D eigenvalue weighted by Gasteiger charge is 2.14. The first-order chi connectivity index (χ1) is 11.1. The molecular weight excluding hydrogens is 312 g/mol. The van der Waals surface area contributed by atoms with Gasteiger partial charge in [0.15, 0.2) is 5.69 Å². The highest BCUT2D eigenvalue weighted by Crippen LogP contribution is 2.28. The lowest BCUT2D eigenvalue weighted by Gasteiger charge is -2.06. The predicted molar refractivity (Wildman–Crippen MR) is 88.4 cm³/mol. The number of carbonyl (C=O) groups excluding carboxylic acids is 1. The summed E-state index contributed by atoms with van der Waals surface area (Å²) in [5, 5.41) is 19.1.